The van der Waals surface area contributed by atoms with Crippen molar-refractivity contribution in [2.24, 2.45) is 0 Å². The zero-order chi connectivity index (χ0) is 11.4. The summed E-state index contributed by atoms with van der Waals surface area (Å²) in [5.74, 6) is 0. The zero-order valence-electron chi connectivity index (χ0n) is 8.27. The summed E-state index contributed by atoms with van der Waals surface area (Å²) in [5.41, 5.74) is 1.44. The molecule has 2 rings (SSSR count). The number of halogens is 1. The molecule has 82 valence electrons. The molecule has 0 aliphatic rings. The average Bonchev–Trinajstić information content (AvgIpc) is 2.32. The van der Waals surface area contributed by atoms with Crippen molar-refractivity contribution in [3.8, 4) is 0 Å². The number of H-pyrrole nitrogens is 1. The second kappa shape index (κ2) is 4.89. The summed E-state index contributed by atoms with van der Waals surface area (Å²) in [6.45, 7) is 0.595. The maximum atomic E-state index is 11.2. The minimum Gasteiger partial charge on any atom is -0.379 e. The highest BCUT2D eigenvalue weighted by Gasteiger charge is 2.03. The van der Waals surface area contributed by atoms with Crippen molar-refractivity contribution in [1.82, 2.24) is 15.2 Å². The van der Waals surface area contributed by atoms with Crippen LogP contribution in [0.15, 0.2) is 40.0 Å². The van der Waals surface area contributed by atoms with Crippen molar-refractivity contribution in [1.29, 1.82) is 0 Å². The third kappa shape index (κ3) is 2.46. The fraction of sp³-hybridized carbons (Fsp3) is 0.100. The summed E-state index contributed by atoms with van der Waals surface area (Å²) in [5, 5.41) is 9.15. The molecule has 2 N–H and O–H groups in total. The number of anilines is 1. The Kier molecular flexibility index (Phi) is 3.31. The van der Waals surface area contributed by atoms with Gasteiger partial charge >= 0.3 is 0 Å². The number of pyridine rings is 1. The molecule has 0 aliphatic carbocycles. The van der Waals surface area contributed by atoms with E-state index in [0.717, 1.165) is 5.56 Å². The van der Waals surface area contributed by atoms with Gasteiger partial charge in [-0.2, -0.15) is 5.10 Å². The molecule has 0 spiro atoms. The summed E-state index contributed by atoms with van der Waals surface area (Å²) < 4.78 is 0.450. The number of nitrogens with one attached hydrogen (secondary N) is 2. The molecule has 2 aromatic heterocycles. The number of rotatable bonds is 3. The Morgan fingerprint density at radius 1 is 1.44 bits per heavy atom. The summed E-state index contributed by atoms with van der Waals surface area (Å²) in [4.78, 5) is 15.2. The second-order valence-corrected chi connectivity index (χ2v) is 3.93. The molecule has 0 aliphatic heterocycles. The first-order valence-corrected chi connectivity index (χ1v) is 5.42. The van der Waals surface area contributed by atoms with Crippen LogP contribution in [-0.2, 0) is 6.54 Å². The standard InChI is InChI=1S/C10H9BrN4O/c11-9-8(6-14-15-10(9)16)13-5-7-2-1-3-12-4-7/h1-4,6H,5H2,(H2,13,15,16). The smallest absolute Gasteiger partial charge is 0.280 e. The Labute approximate surface area is 100 Å². The van der Waals surface area contributed by atoms with Gasteiger partial charge in [-0.15, -0.1) is 0 Å². The van der Waals surface area contributed by atoms with E-state index in [1.54, 1.807) is 18.6 Å². The van der Waals surface area contributed by atoms with Gasteiger partial charge in [0, 0.05) is 18.9 Å². The lowest BCUT2D eigenvalue weighted by molar-refractivity contribution is 0.970. The van der Waals surface area contributed by atoms with E-state index >= 15 is 0 Å². The minimum atomic E-state index is -0.254. The molecule has 0 saturated heterocycles. The Balaban J connectivity index is 2.11. The first kappa shape index (κ1) is 10.8. The lowest BCUT2D eigenvalue weighted by atomic mass is 10.3. The molecule has 0 bridgehead atoms. The molecule has 0 saturated carbocycles. The molecular weight excluding hydrogens is 272 g/mol. The molecule has 6 heteroatoms. The van der Waals surface area contributed by atoms with Crippen molar-refractivity contribution in [3.05, 3.63) is 51.1 Å². The molecule has 2 heterocycles. The van der Waals surface area contributed by atoms with Gasteiger partial charge in [-0.1, -0.05) is 6.07 Å². The molecule has 0 fully saturated rings. The fourth-order valence-electron chi connectivity index (χ4n) is 1.21. The van der Waals surface area contributed by atoms with Crippen LogP contribution in [0.5, 0.6) is 0 Å². The van der Waals surface area contributed by atoms with Gasteiger partial charge in [0.1, 0.15) is 4.47 Å². The van der Waals surface area contributed by atoms with Crippen molar-refractivity contribution >= 4 is 21.6 Å². The van der Waals surface area contributed by atoms with Crippen LogP contribution in [-0.4, -0.2) is 15.2 Å². The lowest BCUT2D eigenvalue weighted by Gasteiger charge is -2.06. The summed E-state index contributed by atoms with van der Waals surface area (Å²) in [6.07, 6.45) is 5.04. The van der Waals surface area contributed by atoms with E-state index in [1.165, 1.54) is 0 Å². The zero-order valence-corrected chi connectivity index (χ0v) is 9.86. The van der Waals surface area contributed by atoms with Gasteiger partial charge in [0.25, 0.3) is 5.56 Å². The molecule has 16 heavy (non-hydrogen) atoms. The van der Waals surface area contributed by atoms with Crippen LogP contribution in [0, 0.1) is 0 Å². The van der Waals surface area contributed by atoms with Crippen molar-refractivity contribution in [2.45, 2.75) is 6.54 Å². The first-order chi connectivity index (χ1) is 7.77. The van der Waals surface area contributed by atoms with Crippen LogP contribution in [0.25, 0.3) is 0 Å². The number of nitrogens with zero attached hydrogens (tertiary/aromatic N) is 2. The monoisotopic (exact) mass is 280 g/mol. The largest absolute Gasteiger partial charge is 0.379 e. The maximum absolute atomic E-state index is 11.2. The van der Waals surface area contributed by atoms with Gasteiger partial charge in [-0.25, -0.2) is 5.10 Å². The average molecular weight is 281 g/mol. The highest BCUT2D eigenvalue weighted by Crippen LogP contribution is 2.15. The van der Waals surface area contributed by atoms with E-state index in [0.29, 0.717) is 16.7 Å². The van der Waals surface area contributed by atoms with Crippen LogP contribution < -0.4 is 10.9 Å². The lowest BCUT2D eigenvalue weighted by Crippen LogP contribution is -2.12. The molecule has 0 unspecified atom stereocenters. The highest BCUT2D eigenvalue weighted by atomic mass is 79.9. The van der Waals surface area contributed by atoms with Gasteiger partial charge in [-0.05, 0) is 27.6 Å². The molecule has 0 aromatic carbocycles. The predicted octanol–water partition coefficient (Wildman–Crippen LogP) is 1.54. The number of hydrogen-bond donors (Lipinski definition) is 2. The predicted molar refractivity (Wildman–Crippen MR) is 64.1 cm³/mol. The van der Waals surface area contributed by atoms with Gasteiger partial charge in [0.2, 0.25) is 0 Å². The molecule has 5 nitrogen and oxygen atoms in total. The van der Waals surface area contributed by atoms with E-state index in [4.69, 9.17) is 0 Å². The van der Waals surface area contributed by atoms with Crippen LogP contribution >= 0.6 is 15.9 Å². The second-order valence-electron chi connectivity index (χ2n) is 3.14. The molecule has 2 aromatic rings. The number of aromatic amines is 1. The Morgan fingerprint density at radius 3 is 3.06 bits per heavy atom. The molecule has 0 amide bonds. The van der Waals surface area contributed by atoms with Gasteiger partial charge in [-0.3, -0.25) is 9.78 Å². The quantitative estimate of drug-likeness (QED) is 0.895. The number of aromatic nitrogens is 3. The van der Waals surface area contributed by atoms with Crippen molar-refractivity contribution in [3.63, 3.8) is 0 Å². The summed E-state index contributed by atoms with van der Waals surface area (Å²) in [6, 6.07) is 3.82. The first-order valence-electron chi connectivity index (χ1n) is 4.63. The minimum absolute atomic E-state index is 0.254. The molecular formula is C10H9BrN4O. The third-order valence-corrected chi connectivity index (χ3v) is 2.79. The molecule has 0 radical (unpaired) electrons. The van der Waals surface area contributed by atoms with Gasteiger partial charge in [0.15, 0.2) is 0 Å². The topological polar surface area (TPSA) is 70.7 Å². The summed E-state index contributed by atoms with van der Waals surface area (Å²) in [7, 11) is 0. The molecule has 0 atom stereocenters. The Morgan fingerprint density at radius 2 is 2.31 bits per heavy atom. The van der Waals surface area contributed by atoms with Crippen LogP contribution in [0.1, 0.15) is 5.56 Å². The van der Waals surface area contributed by atoms with E-state index in [2.05, 4.69) is 36.4 Å². The van der Waals surface area contributed by atoms with E-state index in [1.807, 2.05) is 12.1 Å². The van der Waals surface area contributed by atoms with E-state index in [9.17, 15) is 4.79 Å². The van der Waals surface area contributed by atoms with E-state index < -0.39 is 0 Å². The Bertz CT molecular complexity index is 526. The van der Waals surface area contributed by atoms with Crippen LogP contribution in [0.3, 0.4) is 0 Å². The van der Waals surface area contributed by atoms with Crippen molar-refractivity contribution < 1.29 is 0 Å². The fourth-order valence-corrected chi connectivity index (χ4v) is 1.54. The van der Waals surface area contributed by atoms with Gasteiger partial charge < -0.3 is 5.32 Å². The highest BCUT2D eigenvalue weighted by molar-refractivity contribution is 9.10. The summed E-state index contributed by atoms with van der Waals surface area (Å²) >= 11 is 3.19. The maximum Gasteiger partial charge on any atom is 0.280 e. The number of hydrogen-bond acceptors (Lipinski definition) is 4. The van der Waals surface area contributed by atoms with Gasteiger partial charge in [0.05, 0.1) is 11.9 Å². The van der Waals surface area contributed by atoms with Crippen LogP contribution in [0.2, 0.25) is 0 Å². The normalized spacial score (nSPS) is 10.1. The SMILES string of the molecule is O=c1[nH]ncc(NCc2cccnc2)c1Br. The van der Waals surface area contributed by atoms with Crippen molar-refractivity contribution in [2.75, 3.05) is 5.32 Å². The van der Waals surface area contributed by atoms with E-state index in [-0.39, 0.29) is 5.56 Å². The third-order valence-electron chi connectivity index (χ3n) is 2.00. The Hall–Kier alpha value is -1.69. The van der Waals surface area contributed by atoms with Crippen LogP contribution in [0.4, 0.5) is 5.69 Å².